The lowest BCUT2D eigenvalue weighted by atomic mass is 10.1. The number of rotatable bonds is 6. The number of furan rings is 1. The van der Waals surface area contributed by atoms with Gasteiger partial charge in [-0.15, -0.1) is 11.3 Å². The van der Waals surface area contributed by atoms with Crippen molar-refractivity contribution in [3.05, 3.63) is 45.0 Å². The molecule has 0 aliphatic carbocycles. The van der Waals surface area contributed by atoms with Gasteiger partial charge >= 0.3 is 0 Å². The third-order valence-corrected chi connectivity index (χ3v) is 4.68. The largest absolute Gasteiger partial charge is 0.467 e. The molecule has 5 heteroatoms. The third kappa shape index (κ3) is 3.68. The smallest absolute Gasteiger partial charge is 0.132 e. The van der Waals surface area contributed by atoms with Crippen molar-refractivity contribution in [2.24, 2.45) is 0 Å². The predicted molar refractivity (Wildman–Crippen MR) is 76.6 cm³/mol. The molecule has 0 aromatic carbocycles. The number of thiophene rings is 1. The van der Waals surface area contributed by atoms with Crippen LogP contribution in [-0.4, -0.2) is 11.1 Å². The maximum Gasteiger partial charge on any atom is 0.132 e. The molecule has 2 atom stereocenters. The van der Waals surface area contributed by atoms with E-state index >= 15 is 0 Å². The monoisotopic (exact) mass is 329 g/mol. The fraction of sp³-hybridized carbons (Fsp3) is 0.385. The second-order valence-electron chi connectivity index (χ2n) is 4.24. The Morgan fingerprint density at radius 3 is 2.94 bits per heavy atom. The summed E-state index contributed by atoms with van der Waals surface area (Å²) < 4.78 is 6.32. The molecule has 2 aromatic heterocycles. The van der Waals surface area contributed by atoms with E-state index in [0.717, 1.165) is 11.0 Å². The van der Waals surface area contributed by atoms with Crippen LogP contribution in [0.4, 0.5) is 0 Å². The molecule has 3 nitrogen and oxygen atoms in total. The summed E-state index contributed by atoms with van der Waals surface area (Å²) in [4.78, 5) is 1.27. The van der Waals surface area contributed by atoms with Gasteiger partial charge in [-0.1, -0.05) is 0 Å². The Morgan fingerprint density at radius 1 is 1.50 bits per heavy atom. The fourth-order valence-corrected chi connectivity index (χ4v) is 3.18. The first-order valence-corrected chi connectivity index (χ1v) is 7.51. The molecule has 0 aliphatic rings. The summed E-state index contributed by atoms with van der Waals surface area (Å²) >= 11 is 5.22. The van der Waals surface area contributed by atoms with Crippen molar-refractivity contribution in [3.8, 4) is 0 Å². The molecule has 2 heterocycles. The molecular weight excluding hydrogens is 314 g/mol. The molecule has 0 radical (unpaired) electrons. The van der Waals surface area contributed by atoms with E-state index in [-0.39, 0.29) is 6.04 Å². The van der Waals surface area contributed by atoms with Gasteiger partial charge < -0.3 is 14.8 Å². The Labute approximate surface area is 119 Å². The Balaban J connectivity index is 1.79. The van der Waals surface area contributed by atoms with Gasteiger partial charge in [0.15, 0.2) is 0 Å². The maximum absolute atomic E-state index is 9.95. The molecule has 0 amide bonds. The van der Waals surface area contributed by atoms with Crippen molar-refractivity contribution in [1.82, 2.24) is 5.32 Å². The van der Waals surface area contributed by atoms with Crippen LogP contribution in [0.1, 0.15) is 30.1 Å². The van der Waals surface area contributed by atoms with Crippen LogP contribution in [-0.2, 0) is 6.54 Å². The zero-order chi connectivity index (χ0) is 13.0. The average Bonchev–Trinajstić information content (AvgIpc) is 2.97. The lowest BCUT2D eigenvalue weighted by Crippen LogP contribution is -2.27. The molecule has 2 rings (SSSR count). The maximum atomic E-state index is 9.95. The molecular formula is C13H16BrNO2S. The van der Waals surface area contributed by atoms with Crippen LogP contribution in [0.3, 0.4) is 0 Å². The van der Waals surface area contributed by atoms with Crippen molar-refractivity contribution in [3.63, 3.8) is 0 Å². The highest BCUT2D eigenvalue weighted by atomic mass is 79.9. The normalized spacial score (nSPS) is 14.6. The Kier molecular flexibility index (Phi) is 5.00. The van der Waals surface area contributed by atoms with Gasteiger partial charge in [0.25, 0.3) is 0 Å². The Morgan fingerprint density at radius 2 is 2.33 bits per heavy atom. The highest BCUT2D eigenvalue weighted by molar-refractivity contribution is 9.10. The van der Waals surface area contributed by atoms with Crippen molar-refractivity contribution >= 4 is 27.3 Å². The number of hydrogen-bond donors (Lipinski definition) is 2. The summed E-state index contributed by atoms with van der Waals surface area (Å²) in [5.74, 6) is 0.626. The summed E-state index contributed by atoms with van der Waals surface area (Å²) in [5.41, 5.74) is 0. The van der Waals surface area contributed by atoms with Crippen LogP contribution >= 0.6 is 27.3 Å². The lowest BCUT2D eigenvalue weighted by molar-refractivity contribution is 0.128. The van der Waals surface area contributed by atoms with Crippen molar-refractivity contribution in [1.29, 1.82) is 0 Å². The van der Waals surface area contributed by atoms with Gasteiger partial charge in [-0.05, 0) is 52.9 Å². The number of aliphatic hydroxyl groups is 1. The van der Waals surface area contributed by atoms with E-state index < -0.39 is 6.10 Å². The van der Waals surface area contributed by atoms with E-state index in [0.29, 0.717) is 12.2 Å². The second kappa shape index (κ2) is 6.52. The number of halogens is 1. The highest BCUT2D eigenvalue weighted by Gasteiger charge is 2.14. The van der Waals surface area contributed by atoms with E-state index in [9.17, 15) is 5.11 Å². The minimum Gasteiger partial charge on any atom is -0.467 e. The first kappa shape index (κ1) is 13.8. The highest BCUT2D eigenvalue weighted by Crippen LogP contribution is 2.23. The molecule has 0 unspecified atom stereocenters. The molecule has 0 saturated heterocycles. The first-order valence-electron chi connectivity index (χ1n) is 5.83. The summed E-state index contributed by atoms with van der Waals surface area (Å²) in [5, 5.41) is 15.4. The molecule has 0 saturated carbocycles. The van der Waals surface area contributed by atoms with E-state index in [1.807, 2.05) is 6.07 Å². The van der Waals surface area contributed by atoms with Crippen LogP contribution in [0.2, 0.25) is 0 Å². The number of aliphatic hydroxyl groups excluding tert-OH is 1. The van der Waals surface area contributed by atoms with Gasteiger partial charge in [0.1, 0.15) is 11.9 Å². The standard InChI is InChI=1S/C13H16BrNO2S/c1-9(7-11(16)12-3-2-5-17-12)15-8-13-10(14)4-6-18-13/h2-6,9,11,15-16H,7-8H2,1H3/t9-,11+/m1/s1. The summed E-state index contributed by atoms with van der Waals surface area (Å²) in [7, 11) is 0. The minimum atomic E-state index is -0.547. The van der Waals surface area contributed by atoms with Gasteiger partial charge in [0.2, 0.25) is 0 Å². The van der Waals surface area contributed by atoms with Gasteiger partial charge in [0.05, 0.1) is 6.26 Å². The van der Waals surface area contributed by atoms with E-state index in [1.165, 1.54) is 4.88 Å². The van der Waals surface area contributed by atoms with Crippen LogP contribution in [0.25, 0.3) is 0 Å². The molecule has 0 aliphatic heterocycles. The molecule has 0 spiro atoms. The Bertz CT molecular complexity index is 469. The molecule has 0 fully saturated rings. The first-order chi connectivity index (χ1) is 8.66. The van der Waals surface area contributed by atoms with Gasteiger partial charge in [-0.2, -0.15) is 0 Å². The zero-order valence-corrected chi connectivity index (χ0v) is 12.5. The molecule has 2 N–H and O–H groups in total. The van der Waals surface area contributed by atoms with Crippen molar-refractivity contribution in [2.45, 2.75) is 32.0 Å². The van der Waals surface area contributed by atoms with E-state index in [2.05, 4.69) is 33.6 Å². The van der Waals surface area contributed by atoms with Crippen molar-refractivity contribution in [2.75, 3.05) is 0 Å². The Hall–Kier alpha value is -0.620. The SMILES string of the molecule is C[C@H](C[C@H](O)c1ccco1)NCc1sccc1Br. The molecule has 18 heavy (non-hydrogen) atoms. The average molecular weight is 330 g/mol. The number of nitrogens with one attached hydrogen (secondary N) is 1. The van der Waals surface area contributed by atoms with Crippen molar-refractivity contribution < 1.29 is 9.52 Å². The fourth-order valence-electron chi connectivity index (χ4n) is 1.73. The third-order valence-electron chi connectivity index (χ3n) is 2.75. The van der Waals surface area contributed by atoms with E-state index in [1.54, 1.807) is 29.7 Å². The van der Waals surface area contributed by atoms with Crippen LogP contribution in [0.15, 0.2) is 38.7 Å². The summed E-state index contributed by atoms with van der Waals surface area (Å²) in [6.45, 7) is 2.87. The van der Waals surface area contributed by atoms with E-state index in [4.69, 9.17) is 4.42 Å². The predicted octanol–water partition coefficient (Wildman–Crippen LogP) is 3.71. The van der Waals surface area contributed by atoms with Gasteiger partial charge in [-0.3, -0.25) is 0 Å². The van der Waals surface area contributed by atoms with Crippen LogP contribution in [0.5, 0.6) is 0 Å². The van der Waals surface area contributed by atoms with Gasteiger partial charge in [0, 0.05) is 21.9 Å². The molecule has 98 valence electrons. The quantitative estimate of drug-likeness (QED) is 0.849. The number of hydrogen-bond acceptors (Lipinski definition) is 4. The topological polar surface area (TPSA) is 45.4 Å². The molecule has 2 aromatic rings. The van der Waals surface area contributed by atoms with Crippen LogP contribution in [0, 0.1) is 0 Å². The minimum absolute atomic E-state index is 0.221. The molecule has 0 bridgehead atoms. The van der Waals surface area contributed by atoms with Crippen LogP contribution < -0.4 is 5.32 Å². The lowest BCUT2D eigenvalue weighted by Gasteiger charge is -2.16. The zero-order valence-electron chi connectivity index (χ0n) is 10.1. The summed E-state index contributed by atoms with van der Waals surface area (Å²) in [6.07, 6.45) is 1.67. The second-order valence-corrected chi connectivity index (χ2v) is 6.10. The van der Waals surface area contributed by atoms with Gasteiger partial charge in [-0.25, -0.2) is 0 Å². The summed E-state index contributed by atoms with van der Waals surface area (Å²) in [6, 6.07) is 5.86.